The van der Waals surface area contributed by atoms with Crippen LogP contribution in [0.2, 0.25) is 0 Å². The summed E-state index contributed by atoms with van der Waals surface area (Å²) >= 11 is 0. The zero-order chi connectivity index (χ0) is 9.56. The molecule has 0 spiro atoms. The number of hydrogen-bond donors (Lipinski definition) is 3. The molecule has 1 saturated heterocycles. The van der Waals surface area contributed by atoms with Crippen LogP contribution < -0.4 is 5.32 Å². The van der Waals surface area contributed by atoms with Crippen LogP contribution >= 0.6 is 0 Å². The second-order valence-electron chi connectivity index (χ2n) is 2.03. The van der Waals surface area contributed by atoms with Crippen molar-refractivity contribution in [2.45, 2.75) is 12.5 Å². The van der Waals surface area contributed by atoms with Crippen molar-refractivity contribution in [1.82, 2.24) is 5.32 Å². The normalized spacial score (nSPS) is 19.1. The van der Waals surface area contributed by atoms with Gasteiger partial charge in [-0.1, -0.05) is 0 Å². The molecule has 0 radical (unpaired) electrons. The van der Waals surface area contributed by atoms with E-state index in [4.69, 9.17) is 25.1 Å². The third-order valence-corrected chi connectivity index (χ3v) is 1.16. The van der Waals surface area contributed by atoms with E-state index in [9.17, 15) is 0 Å². The molecule has 0 aromatic rings. The summed E-state index contributed by atoms with van der Waals surface area (Å²) in [6.45, 7) is 1.03. The predicted octanol–water partition coefficient (Wildman–Crippen LogP) is -0.973. The first-order valence-corrected chi connectivity index (χ1v) is 3.17. The van der Waals surface area contributed by atoms with Gasteiger partial charge in [-0.05, 0) is 13.0 Å². The molecule has 66 valence electrons. The average molecular weight is 172 g/mol. The summed E-state index contributed by atoms with van der Waals surface area (Å²) in [4.78, 5) is 18.2. The molecule has 6 nitrogen and oxygen atoms in total. The molecule has 1 atom stereocenters. The minimum atomic E-state index is -1.82. The minimum absolute atomic E-state index is 0.171. The maximum atomic E-state index is 9.10. The molecule has 1 unspecified atom stereocenters. The van der Waals surface area contributed by atoms with Crippen LogP contribution in [0.3, 0.4) is 0 Å². The highest BCUT2D eigenvalue weighted by molar-refractivity contribution is 6.27. The summed E-state index contributed by atoms with van der Waals surface area (Å²) < 4.78 is 0. The van der Waals surface area contributed by atoms with Gasteiger partial charge in [-0.2, -0.15) is 5.26 Å². The lowest BCUT2D eigenvalue weighted by atomic mass is 10.1. The third kappa shape index (κ3) is 4.24. The highest BCUT2D eigenvalue weighted by Crippen LogP contribution is 1.97. The standard InChI is InChI=1S/C4H6N2.C2H2O4/c5-3-4-1-2-6-4;3-1(4)2(5)6/h4,6H,1-2H2;(H,3,4)(H,5,6). The largest absolute Gasteiger partial charge is 0.473 e. The van der Waals surface area contributed by atoms with Crippen LogP contribution in [0.1, 0.15) is 6.42 Å². The van der Waals surface area contributed by atoms with Crippen molar-refractivity contribution in [3.05, 3.63) is 0 Å². The molecule has 0 aliphatic carbocycles. The summed E-state index contributed by atoms with van der Waals surface area (Å²) in [6, 6.07) is 2.26. The molecular weight excluding hydrogens is 164 g/mol. The maximum Gasteiger partial charge on any atom is 0.414 e. The number of carboxylic acid groups (broad SMARTS) is 2. The Kier molecular flexibility index (Phi) is 4.41. The number of carbonyl (C=O) groups is 2. The Morgan fingerprint density at radius 2 is 1.83 bits per heavy atom. The zero-order valence-electron chi connectivity index (χ0n) is 6.15. The van der Waals surface area contributed by atoms with Crippen LogP contribution in [0.25, 0.3) is 0 Å². The Hall–Kier alpha value is -1.61. The average Bonchev–Trinajstić information content (AvgIpc) is 1.86. The van der Waals surface area contributed by atoms with Gasteiger partial charge in [0.15, 0.2) is 0 Å². The molecule has 0 bridgehead atoms. The molecule has 1 aliphatic heterocycles. The van der Waals surface area contributed by atoms with Crippen LogP contribution in [0.4, 0.5) is 0 Å². The van der Waals surface area contributed by atoms with Gasteiger partial charge < -0.3 is 15.5 Å². The number of aliphatic carboxylic acids is 2. The van der Waals surface area contributed by atoms with Gasteiger partial charge in [0.1, 0.15) is 0 Å². The Labute approximate surface area is 68.4 Å². The maximum absolute atomic E-state index is 9.10. The number of nitrogens with zero attached hydrogens (tertiary/aromatic N) is 1. The topological polar surface area (TPSA) is 110 Å². The summed E-state index contributed by atoms with van der Waals surface area (Å²) in [5.41, 5.74) is 0. The first-order chi connectivity index (χ1) is 5.57. The second kappa shape index (κ2) is 5.09. The van der Waals surface area contributed by atoms with Gasteiger partial charge in [0.25, 0.3) is 0 Å². The van der Waals surface area contributed by atoms with Gasteiger partial charge in [0, 0.05) is 0 Å². The van der Waals surface area contributed by atoms with Crippen molar-refractivity contribution >= 4 is 11.9 Å². The smallest absolute Gasteiger partial charge is 0.414 e. The summed E-state index contributed by atoms with van der Waals surface area (Å²) in [5, 5.41) is 25.8. The second-order valence-corrected chi connectivity index (χ2v) is 2.03. The summed E-state index contributed by atoms with van der Waals surface area (Å²) in [5.74, 6) is -3.65. The number of nitriles is 1. The van der Waals surface area contributed by atoms with Crippen molar-refractivity contribution in [1.29, 1.82) is 5.26 Å². The molecule has 0 amide bonds. The van der Waals surface area contributed by atoms with E-state index >= 15 is 0 Å². The SMILES string of the molecule is N#CC1CCN1.O=C(O)C(=O)O. The fourth-order valence-corrected chi connectivity index (χ4v) is 0.399. The van der Waals surface area contributed by atoms with E-state index in [0.29, 0.717) is 0 Å². The fourth-order valence-electron chi connectivity index (χ4n) is 0.399. The Balaban J connectivity index is 0.000000202. The molecule has 1 fully saturated rings. The lowest BCUT2D eigenvalue weighted by Gasteiger charge is -2.19. The summed E-state index contributed by atoms with van der Waals surface area (Å²) in [6.07, 6.45) is 1.04. The molecule has 0 saturated carbocycles. The van der Waals surface area contributed by atoms with Gasteiger partial charge in [-0.15, -0.1) is 0 Å². The first kappa shape index (κ1) is 10.4. The van der Waals surface area contributed by atoms with Crippen molar-refractivity contribution in [2.24, 2.45) is 0 Å². The highest BCUT2D eigenvalue weighted by Gasteiger charge is 2.13. The van der Waals surface area contributed by atoms with E-state index in [1.807, 2.05) is 0 Å². The molecule has 3 N–H and O–H groups in total. The van der Waals surface area contributed by atoms with E-state index < -0.39 is 11.9 Å². The summed E-state index contributed by atoms with van der Waals surface area (Å²) in [7, 11) is 0. The van der Waals surface area contributed by atoms with E-state index in [1.165, 1.54) is 0 Å². The molecule has 1 aliphatic rings. The van der Waals surface area contributed by atoms with Crippen LogP contribution in [-0.2, 0) is 9.59 Å². The fraction of sp³-hybridized carbons (Fsp3) is 0.500. The molecule has 0 aromatic heterocycles. The molecule has 1 heterocycles. The predicted molar refractivity (Wildman–Crippen MR) is 37.3 cm³/mol. The van der Waals surface area contributed by atoms with Crippen molar-refractivity contribution in [2.75, 3.05) is 6.54 Å². The third-order valence-electron chi connectivity index (χ3n) is 1.16. The minimum Gasteiger partial charge on any atom is -0.473 e. The zero-order valence-corrected chi connectivity index (χ0v) is 6.15. The first-order valence-electron chi connectivity index (χ1n) is 3.17. The van der Waals surface area contributed by atoms with Crippen LogP contribution in [0, 0.1) is 11.3 Å². The van der Waals surface area contributed by atoms with Gasteiger partial charge >= 0.3 is 11.9 Å². The highest BCUT2D eigenvalue weighted by atomic mass is 16.4. The Bertz CT molecular complexity index is 204. The van der Waals surface area contributed by atoms with E-state index in [1.54, 1.807) is 0 Å². The van der Waals surface area contributed by atoms with Gasteiger partial charge in [-0.25, -0.2) is 9.59 Å². The molecular formula is C6H8N2O4. The lowest BCUT2D eigenvalue weighted by molar-refractivity contribution is -0.159. The van der Waals surface area contributed by atoms with E-state index in [-0.39, 0.29) is 6.04 Å². The van der Waals surface area contributed by atoms with Gasteiger partial charge in [0.05, 0.1) is 12.1 Å². The quantitative estimate of drug-likeness (QED) is 0.405. The molecule has 1 rings (SSSR count). The Morgan fingerprint density at radius 1 is 1.42 bits per heavy atom. The number of carboxylic acids is 2. The van der Waals surface area contributed by atoms with Gasteiger partial charge in [-0.3, -0.25) is 0 Å². The molecule has 0 aromatic carbocycles. The Morgan fingerprint density at radius 3 is 1.83 bits per heavy atom. The molecule has 6 heteroatoms. The number of hydrogen-bond acceptors (Lipinski definition) is 4. The monoisotopic (exact) mass is 172 g/mol. The number of nitrogens with one attached hydrogen (secondary N) is 1. The van der Waals surface area contributed by atoms with E-state index in [0.717, 1.165) is 13.0 Å². The van der Waals surface area contributed by atoms with Crippen molar-refractivity contribution in [3.63, 3.8) is 0 Å². The molecule has 12 heavy (non-hydrogen) atoms. The van der Waals surface area contributed by atoms with Crippen LogP contribution in [-0.4, -0.2) is 34.7 Å². The number of rotatable bonds is 0. The lowest BCUT2D eigenvalue weighted by Crippen LogP contribution is -2.41. The van der Waals surface area contributed by atoms with E-state index in [2.05, 4.69) is 11.4 Å². The van der Waals surface area contributed by atoms with Crippen LogP contribution in [0.5, 0.6) is 0 Å². The van der Waals surface area contributed by atoms with Crippen molar-refractivity contribution in [3.8, 4) is 6.07 Å². The van der Waals surface area contributed by atoms with Crippen LogP contribution in [0.15, 0.2) is 0 Å². The van der Waals surface area contributed by atoms with Gasteiger partial charge in [0.2, 0.25) is 0 Å². The van der Waals surface area contributed by atoms with Crippen molar-refractivity contribution < 1.29 is 19.8 Å².